The highest BCUT2D eigenvalue weighted by Crippen LogP contribution is 2.56. The maximum atomic E-state index is 13.7. The van der Waals surface area contributed by atoms with Gasteiger partial charge in [0.25, 0.3) is 0 Å². The number of aromatic hydroxyl groups is 1. The Morgan fingerprint density at radius 3 is 2.16 bits per heavy atom. The molecule has 4 unspecified atom stereocenters. The van der Waals surface area contributed by atoms with E-state index in [1.54, 1.807) is 19.1 Å². The highest BCUT2D eigenvalue weighted by Gasteiger charge is 2.58. The number of Topliss-reactive ketones (excluding diaryl/α,β-unsaturated/α-hetero) is 1. The Morgan fingerprint density at radius 1 is 0.973 bits per heavy atom. The largest absolute Gasteiger partial charge is 0.502 e. The molecule has 37 heavy (non-hydrogen) atoms. The standard InChI is InChI=1S/C29H31NO7/c1-13-9-19(31)18-12-17-15(7-8-16-23(17)28(35)30(27(16)34)29(2,3)4)22(24(18)25(13)32)14-10-20(36-5)26(33)21(11-14)37-6/h7,9-11,16-17,22-23,33H,8,12H2,1-6H3. The van der Waals surface area contributed by atoms with Crippen molar-refractivity contribution in [2.24, 2.45) is 17.8 Å². The minimum Gasteiger partial charge on any atom is -0.502 e. The van der Waals surface area contributed by atoms with Crippen LogP contribution >= 0.6 is 0 Å². The molecule has 5 rings (SSSR count). The first-order valence-electron chi connectivity index (χ1n) is 12.4. The summed E-state index contributed by atoms with van der Waals surface area (Å²) in [7, 11) is 2.84. The molecule has 0 spiro atoms. The second kappa shape index (κ2) is 8.43. The van der Waals surface area contributed by atoms with Crippen LogP contribution in [0, 0.1) is 17.8 Å². The number of hydrogen-bond acceptors (Lipinski definition) is 7. The third-order valence-electron chi connectivity index (χ3n) is 8.07. The first-order chi connectivity index (χ1) is 17.4. The first kappa shape index (κ1) is 25.0. The molecule has 1 N–H and O–H groups in total. The van der Waals surface area contributed by atoms with Crippen molar-refractivity contribution in [2.75, 3.05) is 14.2 Å². The van der Waals surface area contributed by atoms with Crippen molar-refractivity contribution in [1.82, 2.24) is 4.90 Å². The van der Waals surface area contributed by atoms with E-state index in [2.05, 4.69) is 0 Å². The van der Waals surface area contributed by atoms with Gasteiger partial charge in [0.15, 0.2) is 23.1 Å². The van der Waals surface area contributed by atoms with Crippen LogP contribution < -0.4 is 9.47 Å². The highest BCUT2D eigenvalue weighted by molar-refractivity contribution is 6.23. The summed E-state index contributed by atoms with van der Waals surface area (Å²) in [5, 5.41) is 10.5. The van der Waals surface area contributed by atoms with Gasteiger partial charge in [-0.1, -0.05) is 11.6 Å². The summed E-state index contributed by atoms with van der Waals surface area (Å²) in [6.45, 7) is 7.14. The van der Waals surface area contributed by atoms with E-state index < -0.39 is 29.2 Å². The summed E-state index contributed by atoms with van der Waals surface area (Å²) in [5.74, 6) is -2.91. The first-order valence-corrected chi connectivity index (χ1v) is 12.4. The number of ether oxygens (including phenoxy) is 2. The maximum absolute atomic E-state index is 13.7. The Kier molecular flexibility index (Phi) is 5.69. The predicted molar refractivity (Wildman–Crippen MR) is 134 cm³/mol. The Hall–Kier alpha value is -3.68. The molecule has 0 bridgehead atoms. The van der Waals surface area contributed by atoms with Crippen LogP contribution in [0.15, 0.2) is 46.6 Å². The average Bonchev–Trinajstić information content (AvgIpc) is 3.11. The zero-order valence-electron chi connectivity index (χ0n) is 21.9. The van der Waals surface area contributed by atoms with Crippen LogP contribution in [-0.2, 0) is 19.2 Å². The van der Waals surface area contributed by atoms with Gasteiger partial charge in [-0.2, -0.15) is 0 Å². The van der Waals surface area contributed by atoms with E-state index in [-0.39, 0.29) is 47.1 Å². The van der Waals surface area contributed by atoms with Crippen LogP contribution in [0.1, 0.15) is 52.0 Å². The third kappa shape index (κ3) is 3.56. The normalized spacial score (nSPS) is 27.5. The van der Waals surface area contributed by atoms with Crippen molar-refractivity contribution in [2.45, 2.75) is 52.0 Å². The van der Waals surface area contributed by atoms with E-state index in [0.29, 0.717) is 28.7 Å². The van der Waals surface area contributed by atoms with Gasteiger partial charge in [0.05, 0.1) is 26.1 Å². The minimum absolute atomic E-state index is 0.167. The maximum Gasteiger partial charge on any atom is 0.234 e. The molecule has 194 valence electrons. The number of likely N-dealkylation sites (tertiary alicyclic amines) is 1. The molecule has 0 aromatic heterocycles. The summed E-state index contributed by atoms with van der Waals surface area (Å²) in [4.78, 5) is 55.2. The van der Waals surface area contributed by atoms with Crippen molar-refractivity contribution in [3.63, 3.8) is 0 Å². The molecular formula is C29H31NO7. The van der Waals surface area contributed by atoms with Gasteiger partial charge in [-0.3, -0.25) is 24.1 Å². The Bertz CT molecular complexity index is 1330. The number of phenolic OH excluding ortho intramolecular Hbond substituents is 1. The fourth-order valence-electron chi connectivity index (χ4n) is 6.48. The van der Waals surface area contributed by atoms with E-state index in [9.17, 15) is 24.3 Å². The number of nitrogens with zero attached hydrogens (tertiary/aromatic N) is 1. The number of rotatable bonds is 3. The van der Waals surface area contributed by atoms with Gasteiger partial charge >= 0.3 is 0 Å². The van der Waals surface area contributed by atoms with Crippen molar-refractivity contribution in [1.29, 1.82) is 0 Å². The van der Waals surface area contributed by atoms with Gasteiger partial charge in [-0.25, -0.2) is 0 Å². The van der Waals surface area contributed by atoms with Crippen LogP contribution in [-0.4, -0.2) is 53.1 Å². The highest BCUT2D eigenvalue weighted by atomic mass is 16.5. The molecule has 1 aliphatic heterocycles. The molecule has 1 saturated heterocycles. The molecule has 3 aliphatic carbocycles. The zero-order valence-corrected chi connectivity index (χ0v) is 21.9. The van der Waals surface area contributed by atoms with Crippen LogP contribution in [0.2, 0.25) is 0 Å². The molecule has 8 heteroatoms. The van der Waals surface area contributed by atoms with E-state index in [1.165, 1.54) is 25.2 Å². The quantitative estimate of drug-likeness (QED) is 0.379. The number of phenols is 1. The van der Waals surface area contributed by atoms with Gasteiger partial charge in [0.2, 0.25) is 17.6 Å². The Labute approximate surface area is 215 Å². The molecule has 4 aliphatic rings. The second-order valence-electron chi connectivity index (χ2n) is 11.2. The zero-order chi connectivity index (χ0) is 27.0. The fraction of sp³-hybridized carbons (Fsp3) is 0.448. The van der Waals surface area contributed by atoms with Crippen molar-refractivity contribution < 1.29 is 33.8 Å². The molecular weight excluding hydrogens is 474 g/mol. The van der Waals surface area contributed by atoms with Gasteiger partial charge in [-0.05, 0) is 70.2 Å². The number of carbonyl (C=O) groups excluding carboxylic acids is 4. The number of imide groups is 1. The molecule has 1 aromatic rings. The summed E-state index contributed by atoms with van der Waals surface area (Å²) in [5.41, 5.74) is 1.88. The summed E-state index contributed by atoms with van der Waals surface area (Å²) in [6, 6.07) is 3.27. The van der Waals surface area contributed by atoms with Crippen LogP contribution in [0.3, 0.4) is 0 Å². The van der Waals surface area contributed by atoms with Crippen LogP contribution in [0.4, 0.5) is 0 Å². The number of ketones is 2. The average molecular weight is 506 g/mol. The summed E-state index contributed by atoms with van der Waals surface area (Å²) in [6.07, 6.45) is 3.91. The van der Waals surface area contributed by atoms with Gasteiger partial charge in [-0.15, -0.1) is 0 Å². The molecule has 8 nitrogen and oxygen atoms in total. The van der Waals surface area contributed by atoms with Crippen LogP contribution in [0.25, 0.3) is 0 Å². The second-order valence-corrected chi connectivity index (χ2v) is 11.2. The number of methoxy groups -OCH3 is 2. The van der Waals surface area contributed by atoms with Gasteiger partial charge < -0.3 is 14.6 Å². The third-order valence-corrected chi connectivity index (χ3v) is 8.07. The predicted octanol–water partition coefficient (Wildman–Crippen LogP) is 3.64. The summed E-state index contributed by atoms with van der Waals surface area (Å²) < 4.78 is 10.8. The van der Waals surface area contributed by atoms with Crippen molar-refractivity contribution in [3.05, 3.63) is 52.1 Å². The monoisotopic (exact) mass is 505 g/mol. The Morgan fingerprint density at radius 2 is 1.59 bits per heavy atom. The summed E-state index contributed by atoms with van der Waals surface area (Å²) >= 11 is 0. The minimum atomic E-state index is -0.668. The lowest BCUT2D eigenvalue weighted by atomic mass is 9.59. The molecule has 2 amide bonds. The number of hydrogen-bond donors (Lipinski definition) is 1. The Balaban J connectivity index is 1.72. The lowest BCUT2D eigenvalue weighted by Gasteiger charge is -2.42. The molecule has 1 fully saturated rings. The topological polar surface area (TPSA) is 110 Å². The van der Waals surface area contributed by atoms with Gasteiger partial charge in [0.1, 0.15) is 0 Å². The van der Waals surface area contributed by atoms with Crippen molar-refractivity contribution >= 4 is 23.4 Å². The number of allylic oxidation sites excluding steroid dienone is 6. The lowest BCUT2D eigenvalue weighted by Crippen LogP contribution is -2.46. The molecule has 1 aromatic carbocycles. The van der Waals surface area contributed by atoms with E-state index >= 15 is 0 Å². The SMILES string of the molecule is COc1cc(C2C3=CCC4C(=O)N(C(C)(C)C)C(=O)C4C3CC3=C2C(=O)C(C)=CC3=O)cc(OC)c1O. The molecule has 0 saturated carbocycles. The number of benzene rings is 1. The van der Waals surface area contributed by atoms with Crippen LogP contribution in [0.5, 0.6) is 17.2 Å². The number of carbonyl (C=O) groups is 4. The number of fused-ring (bicyclic) bond motifs is 3. The van der Waals surface area contributed by atoms with E-state index in [4.69, 9.17) is 9.47 Å². The van der Waals surface area contributed by atoms with Crippen molar-refractivity contribution in [3.8, 4) is 17.2 Å². The molecule has 1 heterocycles. The molecule has 0 radical (unpaired) electrons. The molecule has 4 atom stereocenters. The van der Waals surface area contributed by atoms with Gasteiger partial charge in [0, 0.05) is 28.2 Å². The van der Waals surface area contributed by atoms with E-state index in [0.717, 1.165) is 5.57 Å². The lowest BCUT2D eigenvalue weighted by molar-refractivity contribution is -0.145. The fourth-order valence-corrected chi connectivity index (χ4v) is 6.48. The smallest absolute Gasteiger partial charge is 0.234 e. The number of amides is 2. The van der Waals surface area contributed by atoms with E-state index in [1.807, 2.05) is 26.8 Å².